The summed E-state index contributed by atoms with van der Waals surface area (Å²) < 4.78 is 1.12. The summed E-state index contributed by atoms with van der Waals surface area (Å²) in [6.07, 6.45) is 1.63. The third-order valence-electron chi connectivity index (χ3n) is 1.58. The molecule has 0 aliphatic rings. The van der Waals surface area contributed by atoms with Gasteiger partial charge >= 0.3 is 0 Å². The van der Waals surface area contributed by atoms with Crippen molar-refractivity contribution in [1.82, 2.24) is 4.73 Å². The Balaban J connectivity index is 0.000000605. The minimum atomic E-state index is 0. The van der Waals surface area contributed by atoms with Crippen LogP contribution in [0.1, 0.15) is 0 Å². The van der Waals surface area contributed by atoms with E-state index in [0.29, 0.717) is 0 Å². The Bertz CT molecular complexity index is 354. The molecule has 58 valence electrons. The highest BCUT2D eigenvalue weighted by atomic mass is 16.5. The van der Waals surface area contributed by atoms with Crippen molar-refractivity contribution in [3.63, 3.8) is 0 Å². The van der Waals surface area contributed by atoms with Gasteiger partial charge in [0.1, 0.15) is 0 Å². The van der Waals surface area contributed by atoms with Crippen molar-refractivity contribution in [2.24, 2.45) is 0 Å². The minimum absolute atomic E-state index is 0. The molecule has 1 heterocycles. The van der Waals surface area contributed by atoms with Crippen LogP contribution in [0.3, 0.4) is 0 Å². The highest BCUT2D eigenvalue weighted by Gasteiger charge is 1.94. The number of para-hydroxylation sites is 1. The first-order chi connectivity index (χ1) is 4.88. The molecule has 3 nitrogen and oxygen atoms in total. The molecule has 1 aromatic carbocycles. The van der Waals surface area contributed by atoms with Gasteiger partial charge in [-0.05, 0) is 12.1 Å². The molecule has 0 spiro atoms. The SMILES string of the molecule is O.On1ccc2ccccc21. The van der Waals surface area contributed by atoms with Gasteiger partial charge in [-0.15, -0.1) is 0 Å². The Morgan fingerprint density at radius 2 is 1.82 bits per heavy atom. The fourth-order valence-corrected chi connectivity index (χ4v) is 1.07. The van der Waals surface area contributed by atoms with Crippen molar-refractivity contribution >= 4 is 10.9 Å². The zero-order chi connectivity index (χ0) is 6.97. The molecule has 2 aromatic rings. The van der Waals surface area contributed by atoms with E-state index in [2.05, 4.69) is 0 Å². The number of benzene rings is 1. The molecule has 3 heteroatoms. The van der Waals surface area contributed by atoms with Crippen LogP contribution in [0.2, 0.25) is 0 Å². The third-order valence-corrected chi connectivity index (χ3v) is 1.58. The summed E-state index contributed by atoms with van der Waals surface area (Å²) >= 11 is 0. The van der Waals surface area contributed by atoms with E-state index in [1.807, 2.05) is 30.3 Å². The number of hydrogen-bond donors (Lipinski definition) is 1. The van der Waals surface area contributed by atoms with Gasteiger partial charge in [0.2, 0.25) is 0 Å². The molecule has 0 saturated heterocycles. The average molecular weight is 151 g/mol. The Morgan fingerprint density at radius 3 is 2.55 bits per heavy atom. The second-order valence-electron chi connectivity index (χ2n) is 2.22. The molecular formula is C8H9NO2. The van der Waals surface area contributed by atoms with Crippen LogP contribution in [0.4, 0.5) is 0 Å². The summed E-state index contributed by atoms with van der Waals surface area (Å²) in [5.41, 5.74) is 0.850. The van der Waals surface area contributed by atoms with Gasteiger partial charge in [0.15, 0.2) is 0 Å². The van der Waals surface area contributed by atoms with Gasteiger partial charge in [-0.1, -0.05) is 18.2 Å². The molecule has 2 rings (SSSR count). The summed E-state index contributed by atoms with van der Waals surface area (Å²) in [6, 6.07) is 9.55. The maximum atomic E-state index is 9.13. The van der Waals surface area contributed by atoms with Gasteiger partial charge < -0.3 is 10.7 Å². The first-order valence-corrected chi connectivity index (χ1v) is 3.13. The largest absolute Gasteiger partial charge is 0.428 e. The van der Waals surface area contributed by atoms with Crippen molar-refractivity contribution < 1.29 is 10.7 Å². The van der Waals surface area contributed by atoms with Crippen LogP contribution in [0, 0.1) is 0 Å². The van der Waals surface area contributed by atoms with E-state index in [0.717, 1.165) is 15.6 Å². The fourth-order valence-electron chi connectivity index (χ4n) is 1.07. The number of fused-ring (bicyclic) bond motifs is 1. The molecule has 0 saturated carbocycles. The van der Waals surface area contributed by atoms with Gasteiger partial charge in [0, 0.05) is 11.6 Å². The lowest BCUT2D eigenvalue weighted by molar-refractivity contribution is 0.200. The number of hydrogen-bond acceptors (Lipinski definition) is 1. The Kier molecular flexibility index (Phi) is 1.83. The molecule has 0 radical (unpaired) electrons. The first-order valence-electron chi connectivity index (χ1n) is 3.13. The molecule has 0 fully saturated rings. The van der Waals surface area contributed by atoms with E-state index in [-0.39, 0.29) is 5.48 Å². The Hall–Kier alpha value is -1.48. The van der Waals surface area contributed by atoms with Crippen molar-refractivity contribution in [2.45, 2.75) is 0 Å². The number of rotatable bonds is 0. The molecular weight excluding hydrogens is 142 g/mol. The van der Waals surface area contributed by atoms with E-state index >= 15 is 0 Å². The molecule has 0 aliphatic carbocycles. The normalized spacial score (nSPS) is 9.45. The third kappa shape index (κ3) is 1.06. The summed E-state index contributed by atoms with van der Waals surface area (Å²) in [6.45, 7) is 0. The van der Waals surface area contributed by atoms with Gasteiger partial charge in [-0.2, -0.15) is 4.73 Å². The van der Waals surface area contributed by atoms with Crippen molar-refractivity contribution in [3.05, 3.63) is 36.5 Å². The summed E-state index contributed by atoms with van der Waals surface area (Å²) in [5, 5.41) is 10.2. The number of aromatic nitrogens is 1. The maximum absolute atomic E-state index is 9.13. The van der Waals surface area contributed by atoms with Crippen molar-refractivity contribution in [2.75, 3.05) is 0 Å². The number of nitrogens with zero attached hydrogens (tertiary/aromatic N) is 1. The molecule has 1 aromatic heterocycles. The van der Waals surface area contributed by atoms with Crippen LogP contribution in [0.25, 0.3) is 10.9 Å². The maximum Gasteiger partial charge on any atom is 0.0865 e. The quantitative estimate of drug-likeness (QED) is 0.562. The van der Waals surface area contributed by atoms with Crippen LogP contribution in [0.15, 0.2) is 36.5 Å². The van der Waals surface area contributed by atoms with E-state index in [9.17, 15) is 0 Å². The first kappa shape index (κ1) is 7.63. The zero-order valence-electron chi connectivity index (χ0n) is 5.86. The van der Waals surface area contributed by atoms with E-state index in [1.54, 1.807) is 6.20 Å². The lowest BCUT2D eigenvalue weighted by Crippen LogP contribution is -1.83. The van der Waals surface area contributed by atoms with Gasteiger partial charge in [0.05, 0.1) is 5.52 Å². The van der Waals surface area contributed by atoms with Gasteiger partial charge in [0.25, 0.3) is 0 Å². The van der Waals surface area contributed by atoms with Gasteiger partial charge in [-0.3, -0.25) is 0 Å². The van der Waals surface area contributed by atoms with Crippen LogP contribution < -0.4 is 0 Å². The van der Waals surface area contributed by atoms with Crippen LogP contribution in [0.5, 0.6) is 0 Å². The Labute approximate surface area is 63.8 Å². The summed E-state index contributed by atoms with van der Waals surface area (Å²) in [5.74, 6) is 0. The topological polar surface area (TPSA) is 56.7 Å². The van der Waals surface area contributed by atoms with Gasteiger partial charge in [-0.25, -0.2) is 0 Å². The Morgan fingerprint density at radius 1 is 1.09 bits per heavy atom. The van der Waals surface area contributed by atoms with Crippen molar-refractivity contribution in [1.29, 1.82) is 0 Å². The fraction of sp³-hybridized carbons (Fsp3) is 0. The summed E-state index contributed by atoms with van der Waals surface area (Å²) in [7, 11) is 0. The standard InChI is InChI=1S/C8H7NO.H2O/c10-9-6-5-7-3-1-2-4-8(7)9;/h1-6,10H;1H2. The average Bonchev–Trinajstić information content (AvgIpc) is 2.34. The minimum Gasteiger partial charge on any atom is -0.428 e. The van der Waals surface area contributed by atoms with Crippen LogP contribution in [-0.4, -0.2) is 15.4 Å². The van der Waals surface area contributed by atoms with Crippen LogP contribution >= 0.6 is 0 Å². The molecule has 11 heavy (non-hydrogen) atoms. The monoisotopic (exact) mass is 151 g/mol. The predicted molar refractivity (Wildman–Crippen MR) is 42.7 cm³/mol. The second kappa shape index (κ2) is 2.64. The van der Waals surface area contributed by atoms with E-state index in [4.69, 9.17) is 5.21 Å². The molecule has 0 atom stereocenters. The highest BCUT2D eigenvalue weighted by molar-refractivity contribution is 5.79. The molecule has 0 unspecified atom stereocenters. The second-order valence-corrected chi connectivity index (χ2v) is 2.22. The predicted octanol–water partition coefficient (Wildman–Crippen LogP) is 1.05. The lowest BCUT2D eigenvalue weighted by Gasteiger charge is -1.91. The lowest BCUT2D eigenvalue weighted by atomic mass is 10.3. The highest BCUT2D eigenvalue weighted by Crippen LogP contribution is 2.12. The molecule has 0 aliphatic heterocycles. The van der Waals surface area contributed by atoms with E-state index < -0.39 is 0 Å². The van der Waals surface area contributed by atoms with Crippen LogP contribution in [-0.2, 0) is 0 Å². The molecule has 0 bridgehead atoms. The van der Waals surface area contributed by atoms with E-state index in [1.165, 1.54) is 0 Å². The zero-order valence-corrected chi connectivity index (χ0v) is 5.86. The summed E-state index contributed by atoms with van der Waals surface area (Å²) in [4.78, 5) is 0. The van der Waals surface area contributed by atoms with Crippen molar-refractivity contribution in [3.8, 4) is 0 Å². The molecule has 3 N–H and O–H groups in total. The smallest absolute Gasteiger partial charge is 0.0865 e. The molecule has 0 amide bonds.